The molecule has 0 fully saturated rings. The van der Waals surface area contributed by atoms with Gasteiger partial charge in [0, 0.05) is 16.7 Å². The molecule has 1 unspecified atom stereocenters. The first-order valence-corrected chi connectivity index (χ1v) is 6.91. The van der Waals surface area contributed by atoms with Crippen LogP contribution >= 0.6 is 23.4 Å². The van der Waals surface area contributed by atoms with Gasteiger partial charge >= 0.3 is 0 Å². The van der Waals surface area contributed by atoms with Crippen molar-refractivity contribution in [1.82, 2.24) is 0 Å². The third-order valence-corrected chi connectivity index (χ3v) is 4.17. The summed E-state index contributed by atoms with van der Waals surface area (Å²) >= 11 is 7.63. The van der Waals surface area contributed by atoms with Gasteiger partial charge in [0.05, 0.1) is 5.02 Å². The van der Waals surface area contributed by atoms with Gasteiger partial charge in [0.25, 0.3) is 0 Å². The van der Waals surface area contributed by atoms with Crippen LogP contribution < -0.4 is 5.73 Å². The highest BCUT2D eigenvalue weighted by Crippen LogP contribution is 2.29. The molecule has 0 amide bonds. The summed E-state index contributed by atoms with van der Waals surface area (Å²) in [5, 5.41) is 0.717. The van der Waals surface area contributed by atoms with Crippen LogP contribution in [-0.2, 0) is 0 Å². The molecule has 94 valence electrons. The highest BCUT2D eigenvalue weighted by molar-refractivity contribution is 7.99. The van der Waals surface area contributed by atoms with E-state index in [-0.39, 0.29) is 11.9 Å². The lowest BCUT2D eigenvalue weighted by molar-refractivity contribution is 0.622. The van der Waals surface area contributed by atoms with E-state index >= 15 is 0 Å². The maximum atomic E-state index is 13.1. The van der Waals surface area contributed by atoms with Crippen LogP contribution in [0.1, 0.15) is 11.6 Å². The molecule has 0 aliphatic rings. The van der Waals surface area contributed by atoms with Gasteiger partial charge in [-0.3, -0.25) is 0 Å². The fourth-order valence-electron chi connectivity index (χ4n) is 1.57. The molecule has 18 heavy (non-hydrogen) atoms. The van der Waals surface area contributed by atoms with Crippen molar-refractivity contribution in [3.05, 3.63) is 64.9 Å². The van der Waals surface area contributed by atoms with E-state index in [0.29, 0.717) is 10.8 Å². The summed E-state index contributed by atoms with van der Waals surface area (Å²) in [5.41, 5.74) is 6.83. The Morgan fingerprint density at radius 3 is 2.67 bits per heavy atom. The first-order valence-electron chi connectivity index (χ1n) is 5.55. The molecule has 2 N–H and O–H groups in total. The molecule has 4 heteroatoms. The van der Waals surface area contributed by atoms with Crippen LogP contribution in [0.4, 0.5) is 4.39 Å². The van der Waals surface area contributed by atoms with Gasteiger partial charge in [0.1, 0.15) is 5.82 Å². The van der Waals surface area contributed by atoms with Gasteiger partial charge in [0.2, 0.25) is 0 Å². The maximum Gasteiger partial charge on any atom is 0.123 e. The Hall–Kier alpha value is -1.03. The van der Waals surface area contributed by atoms with Crippen molar-refractivity contribution >= 4 is 23.4 Å². The van der Waals surface area contributed by atoms with Crippen LogP contribution in [-0.4, -0.2) is 5.75 Å². The maximum absolute atomic E-state index is 13.1. The predicted molar refractivity (Wildman–Crippen MR) is 75.5 cm³/mol. The van der Waals surface area contributed by atoms with E-state index in [0.717, 1.165) is 10.5 Å². The lowest BCUT2D eigenvalue weighted by Crippen LogP contribution is -2.13. The van der Waals surface area contributed by atoms with Crippen LogP contribution in [0.25, 0.3) is 0 Å². The van der Waals surface area contributed by atoms with E-state index in [1.165, 1.54) is 12.1 Å². The number of hydrogen-bond acceptors (Lipinski definition) is 2. The lowest BCUT2D eigenvalue weighted by atomic mass is 10.1. The molecular weight excluding hydrogens is 269 g/mol. The van der Waals surface area contributed by atoms with Crippen molar-refractivity contribution in [3.8, 4) is 0 Å². The minimum Gasteiger partial charge on any atom is -0.323 e. The van der Waals surface area contributed by atoms with Crippen molar-refractivity contribution in [2.24, 2.45) is 5.73 Å². The SMILES string of the molecule is NC(CSc1ccccc1Cl)c1cccc(F)c1. The van der Waals surface area contributed by atoms with E-state index in [2.05, 4.69) is 0 Å². The molecule has 0 heterocycles. The Balaban J connectivity index is 2.00. The van der Waals surface area contributed by atoms with Crippen molar-refractivity contribution in [2.45, 2.75) is 10.9 Å². The largest absolute Gasteiger partial charge is 0.323 e. The fourth-order valence-corrected chi connectivity index (χ4v) is 2.81. The molecule has 2 aromatic rings. The third kappa shape index (κ3) is 3.48. The quantitative estimate of drug-likeness (QED) is 0.847. The summed E-state index contributed by atoms with van der Waals surface area (Å²) in [7, 11) is 0. The second-order valence-corrected chi connectivity index (χ2v) is 5.37. The van der Waals surface area contributed by atoms with Gasteiger partial charge in [-0.2, -0.15) is 0 Å². The highest BCUT2D eigenvalue weighted by atomic mass is 35.5. The molecule has 0 saturated carbocycles. The van der Waals surface area contributed by atoms with Crippen LogP contribution in [0.5, 0.6) is 0 Å². The Labute approximate surface area is 115 Å². The molecule has 0 spiro atoms. The zero-order valence-corrected chi connectivity index (χ0v) is 11.2. The first kappa shape index (κ1) is 13.4. The minimum atomic E-state index is -0.259. The van der Waals surface area contributed by atoms with E-state index in [4.69, 9.17) is 17.3 Å². The van der Waals surface area contributed by atoms with Gasteiger partial charge in [-0.25, -0.2) is 4.39 Å². The summed E-state index contributed by atoms with van der Waals surface area (Å²) in [5.74, 6) is 0.401. The Morgan fingerprint density at radius 2 is 1.94 bits per heavy atom. The summed E-state index contributed by atoms with van der Waals surface area (Å²) in [6, 6.07) is 13.8. The molecule has 2 aromatic carbocycles. The normalized spacial score (nSPS) is 12.4. The van der Waals surface area contributed by atoms with Crippen LogP contribution in [0.3, 0.4) is 0 Å². The second kappa shape index (κ2) is 6.23. The van der Waals surface area contributed by atoms with E-state index < -0.39 is 0 Å². The van der Waals surface area contributed by atoms with Crippen molar-refractivity contribution < 1.29 is 4.39 Å². The van der Waals surface area contributed by atoms with Gasteiger partial charge in [-0.05, 0) is 29.8 Å². The average Bonchev–Trinajstić information content (AvgIpc) is 2.37. The van der Waals surface area contributed by atoms with Crippen molar-refractivity contribution in [3.63, 3.8) is 0 Å². The topological polar surface area (TPSA) is 26.0 Å². The lowest BCUT2D eigenvalue weighted by Gasteiger charge is -2.12. The third-order valence-electron chi connectivity index (χ3n) is 2.53. The predicted octanol–water partition coefficient (Wildman–Crippen LogP) is 4.27. The Kier molecular flexibility index (Phi) is 4.64. The smallest absolute Gasteiger partial charge is 0.123 e. The molecule has 1 nitrogen and oxygen atoms in total. The summed E-state index contributed by atoms with van der Waals surface area (Å²) in [4.78, 5) is 0.992. The minimum absolute atomic E-state index is 0.207. The molecule has 0 saturated heterocycles. The fraction of sp³-hybridized carbons (Fsp3) is 0.143. The number of nitrogens with two attached hydrogens (primary N) is 1. The summed E-state index contributed by atoms with van der Waals surface area (Å²) in [6.45, 7) is 0. The monoisotopic (exact) mass is 281 g/mol. The second-order valence-electron chi connectivity index (χ2n) is 3.90. The number of rotatable bonds is 4. The molecule has 0 aromatic heterocycles. The Morgan fingerprint density at radius 1 is 1.17 bits per heavy atom. The zero-order chi connectivity index (χ0) is 13.0. The van der Waals surface area contributed by atoms with Crippen LogP contribution in [0.15, 0.2) is 53.4 Å². The van der Waals surface area contributed by atoms with Crippen molar-refractivity contribution in [1.29, 1.82) is 0 Å². The summed E-state index contributed by atoms with van der Waals surface area (Å²) < 4.78 is 13.1. The standard InChI is InChI=1S/C14H13ClFNS/c15-12-6-1-2-7-14(12)18-9-13(17)10-4-3-5-11(16)8-10/h1-8,13H,9,17H2. The molecule has 0 aliphatic carbocycles. The van der Waals surface area contributed by atoms with Crippen LogP contribution in [0, 0.1) is 5.82 Å². The van der Waals surface area contributed by atoms with Crippen LogP contribution in [0.2, 0.25) is 5.02 Å². The molecule has 1 atom stereocenters. The molecule has 2 rings (SSSR count). The average molecular weight is 282 g/mol. The highest BCUT2D eigenvalue weighted by Gasteiger charge is 2.08. The molecule has 0 radical (unpaired) electrons. The zero-order valence-electron chi connectivity index (χ0n) is 9.64. The van der Waals surface area contributed by atoms with Gasteiger partial charge < -0.3 is 5.73 Å². The number of halogens is 2. The molecular formula is C14H13ClFNS. The van der Waals surface area contributed by atoms with Gasteiger partial charge in [0.15, 0.2) is 0 Å². The summed E-state index contributed by atoms with van der Waals surface area (Å²) in [6.07, 6.45) is 0. The van der Waals surface area contributed by atoms with E-state index in [1.807, 2.05) is 30.3 Å². The van der Waals surface area contributed by atoms with Gasteiger partial charge in [-0.1, -0.05) is 35.9 Å². The van der Waals surface area contributed by atoms with Crippen molar-refractivity contribution in [2.75, 3.05) is 5.75 Å². The molecule has 0 bridgehead atoms. The van der Waals surface area contributed by atoms with E-state index in [9.17, 15) is 4.39 Å². The first-order chi connectivity index (χ1) is 8.66. The van der Waals surface area contributed by atoms with Gasteiger partial charge in [-0.15, -0.1) is 11.8 Å². The van der Waals surface area contributed by atoms with E-state index in [1.54, 1.807) is 17.8 Å². The number of benzene rings is 2. The number of thioether (sulfide) groups is 1. The molecule has 0 aliphatic heterocycles. The number of hydrogen-bond donors (Lipinski definition) is 1. The Bertz CT molecular complexity index is 533.